The number of para-hydroxylation sites is 1. The van der Waals surface area contributed by atoms with Crippen LogP contribution in [-0.2, 0) is 5.41 Å². The SMILES string of the molecule is CC1(c2ccccc2)c2ccccc2-c2c(N(c3ccc(-c4ccc(-c5cccc6ccccc56)cc4)cc3)c3ccccc3-c3cccc(-c4ccccc4)c3)cccc21. The second-order valence-electron chi connectivity index (χ2n) is 16.2. The van der Waals surface area contributed by atoms with Crippen LogP contribution in [0.25, 0.3) is 66.4 Å². The molecule has 0 aromatic heterocycles. The predicted molar refractivity (Wildman–Crippen MR) is 258 cm³/mol. The minimum atomic E-state index is -0.319. The number of nitrogens with zero attached hydrogens (tertiary/aromatic N) is 1. The molecule has 61 heavy (non-hydrogen) atoms. The molecule has 10 aromatic carbocycles. The van der Waals surface area contributed by atoms with Crippen molar-refractivity contribution in [2.24, 2.45) is 0 Å². The molecule has 1 heteroatoms. The second kappa shape index (κ2) is 15.1. The fourth-order valence-electron chi connectivity index (χ4n) is 9.73. The molecule has 0 spiro atoms. The number of hydrogen-bond acceptors (Lipinski definition) is 1. The normalized spacial score (nSPS) is 14.0. The van der Waals surface area contributed by atoms with Crippen LogP contribution >= 0.6 is 0 Å². The van der Waals surface area contributed by atoms with Crippen molar-refractivity contribution in [1.82, 2.24) is 0 Å². The zero-order valence-electron chi connectivity index (χ0n) is 34.0. The highest BCUT2D eigenvalue weighted by Gasteiger charge is 2.42. The molecule has 288 valence electrons. The lowest BCUT2D eigenvalue weighted by atomic mass is 9.74. The van der Waals surface area contributed by atoms with E-state index in [4.69, 9.17) is 0 Å². The minimum Gasteiger partial charge on any atom is -0.309 e. The van der Waals surface area contributed by atoms with Crippen molar-refractivity contribution in [2.45, 2.75) is 12.3 Å². The van der Waals surface area contributed by atoms with E-state index in [-0.39, 0.29) is 5.41 Å². The molecule has 10 aromatic rings. The van der Waals surface area contributed by atoms with Gasteiger partial charge in [-0.25, -0.2) is 0 Å². The zero-order valence-corrected chi connectivity index (χ0v) is 34.0. The van der Waals surface area contributed by atoms with E-state index in [1.165, 1.54) is 83.1 Å². The van der Waals surface area contributed by atoms with Crippen LogP contribution in [0.5, 0.6) is 0 Å². The highest BCUT2D eigenvalue weighted by atomic mass is 15.1. The van der Waals surface area contributed by atoms with Gasteiger partial charge in [0.15, 0.2) is 0 Å². The molecule has 1 nitrogen and oxygen atoms in total. The third-order valence-electron chi connectivity index (χ3n) is 12.8. The van der Waals surface area contributed by atoms with E-state index in [0.29, 0.717) is 0 Å². The Morgan fingerprint density at radius 3 is 1.64 bits per heavy atom. The van der Waals surface area contributed by atoms with Crippen LogP contribution in [0.3, 0.4) is 0 Å². The summed E-state index contributed by atoms with van der Waals surface area (Å²) in [5, 5.41) is 2.53. The van der Waals surface area contributed by atoms with E-state index in [0.717, 1.165) is 17.1 Å². The molecule has 0 amide bonds. The average molecular weight is 778 g/mol. The Morgan fingerprint density at radius 2 is 0.836 bits per heavy atom. The maximum Gasteiger partial charge on any atom is 0.0543 e. The van der Waals surface area contributed by atoms with Crippen LogP contribution in [0, 0.1) is 0 Å². The Morgan fingerprint density at radius 1 is 0.328 bits per heavy atom. The fourth-order valence-corrected chi connectivity index (χ4v) is 9.73. The highest BCUT2D eigenvalue weighted by molar-refractivity contribution is 5.99. The number of rotatable bonds is 8. The van der Waals surface area contributed by atoms with Crippen LogP contribution in [0.15, 0.2) is 243 Å². The Balaban J connectivity index is 1.07. The van der Waals surface area contributed by atoms with E-state index in [1.807, 2.05) is 0 Å². The zero-order chi connectivity index (χ0) is 40.8. The van der Waals surface area contributed by atoms with Crippen molar-refractivity contribution < 1.29 is 0 Å². The summed E-state index contributed by atoms with van der Waals surface area (Å²) in [4.78, 5) is 2.49. The first-order chi connectivity index (χ1) is 30.1. The Kier molecular flexibility index (Phi) is 9.02. The number of hydrogen-bond donors (Lipinski definition) is 0. The van der Waals surface area contributed by atoms with Gasteiger partial charge in [0, 0.05) is 22.2 Å². The molecule has 1 atom stereocenters. The van der Waals surface area contributed by atoms with Crippen molar-refractivity contribution in [3.05, 3.63) is 259 Å². The van der Waals surface area contributed by atoms with Crippen molar-refractivity contribution in [3.63, 3.8) is 0 Å². The highest BCUT2D eigenvalue weighted by Crippen LogP contribution is 2.57. The first-order valence-electron chi connectivity index (χ1n) is 21.2. The van der Waals surface area contributed by atoms with Crippen LogP contribution in [-0.4, -0.2) is 0 Å². The molecule has 0 N–H and O–H groups in total. The molecule has 1 aliphatic carbocycles. The molecular weight excluding hydrogens is 735 g/mol. The third kappa shape index (κ3) is 6.26. The molecule has 0 aliphatic heterocycles. The summed E-state index contributed by atoms with van der Waals surface area (Å²) in [6.07, 6.45) is 0. The summed E-state index contributed by atoms with van der Waals surface area (Å²) < 4.78 is 0. The molecule has 0 saturated heterocycles. The molecule has 0 bridgehead atoms. The Hall–Kier alpha value is -7.74. The van der Waals surface area contributed by atoms with Gasteiger partial charge in [-0.05, 0) is 109 Å². The van der Waals surface area contributed by atoms with Crippen molar-refractivity contribution in [2.75, 3.05) is 4.90 Å². The molecule has 0 saturated carbocycles. The van der Waals surface area contributed by atoms with Gasteiger partial charge in [0.2, 0.25) is 0 Å². The lowest BCUT2D eigenvalue weighted by Crippen LogP contribution is -2.22. The minimum absolute atomic E-state index is 0.319. The van der Waals surface area contributed by atoms with E-state index in [1.54, 1.807) is 0 Å². The summed E-state index contributed by atoms with van der Waals surface area (Å²) in [6.45, 7) is 2.39. The van der Waals surface area contributed by atoms with Gasteiger partial charge in [0.05, 0.1) is 11.4 Å². The van der Waals surface area contributed by atoms with Gasteiger partial charge in [-0.2, -0.15) is 0 Å². The van der Waals surface area contributed by atoms with Crippen LogP contribution < -0.4 is 4.90 Å². The van der Waals surface area contributed by atoms with Gasteiger partial charge in [-0.1, -0.05) is 212 Å². The maximum atomic E-state index is 2.49. The van der Waals surface area contributed by atoms with E-state index < -0.39 is 0 Å². The monoisotopic (exact) mass is 777 g/mol. The largest absolute Gasteiger partial charge is 0.309 e. The number of fused-ring (bicyclic) bond motifs is 4. The van der Waals surface area contributed by atoms with Crippen LogP contribution in [0.4, 0.5) is 17.1 Å². The molecular formula is C60H43N. The quantitative estimate of drug-likeness (QED) is 0.149. The first-order valence-corrected chi connectivity index (χ1v) is 21.2. The fraction of sp³-hybridized carbons (Fsp3) is 0.0333. The smallest absolute Gasteiger partial charge is 0.0543 e. The van der Waals surface area contributed by atoms with Crippen LogP contribution in [0.2, 0.25) is 0 Å². The Bertz CT molecular complexity index is 3180. The summed E-state index contributed by atoms with van der Waals surface area (Å²) in [7, 11) is 0. The Labute approximate surface area is 358 Å². The lowest BCUT2D eigenvalue weighted by molar-refractivity contribution is 0.714. The van der Waals surface area contributed by atoms with Gasteiger partial charge in [0.1, 0.15) is 0 Å². The predicted octanol–water partition coefficient (Wildman–Crippen LogP) is 16.3. The topological polar surface area (TPSA) is 3.24 Å². The van der Waals surface area contributed by atoms with Crippen LogP contribution in [0.1, 0.15) is 23.6 Å². The summed E-state index contributed by atoms with van der Waals surface area (Å²) >= 11 is 0. The van der Waals surface area contributed by atoms with E-state index in [9.17, 15) is 0 Å². The van der Waals surface area contributed by atoms with Crippen molar-refractivity contribution in [3.8, 4) is 55.6 Å². The van der Waals surface area contributed by atoms with Gasteiger partial charge >= 0.3 is 0 Å². The molecule has 0 heterocycles. The summed E-state index contributed by atoms with van der Waals surface area (Å²) in [5.74, 6) is 0. The van der Waals surface area contributed by atoms with Crippen molar-refractivity contribution in [1.29, 1.82) is 0 Å². The second-order valence-corrected chi connectivity index (χ2v) is 16.2. The van der Waals surface area contributed by atoms with Gasteiger partial charge < -0.3 is 4.90 Å². The number of anilines is 3. The first kappa shape index (κ1) is 36.3. The molecule has 1 unspecified atom stereocenters. The average Bonchev–Trinajstić information content (AvgIpc) is 3.61. The van der Waals surface area contributed by atoms with E-state index in [2.05, 4.69) is 254 Å². The molecule has 0 radical (unpaired) electrons. The molecule has 0 fully saturated rings. The lowest BCUT2D eigenvalue weighted by Gasteiger charge is -2.31. The molecule has 1 aliphatic rings. The summed E-state index contributed by atoms with van der Waals surface area (Å²) in [5.41, 5.74) is 19.1. The molecule has 11 rings (SSSR count). The standard InChI is InChI=1S/C60H43N/c1-60(49-23-6-3-7-24-49)55-29-12-10-27-54(55)59-56(60)30-16-32-58(59)61(57-31-13-11-26-53(57)48-22-14-21-47(41-48)42-17-4-2-5-18-42)50-39-37-44(38-40-50)43-33-35-46(36-34-43)52-28-15-20-45-19-8-9-25-51(45)52/h2-41H,1H3. The van der Waals surface area contributed by atoms with Gasteiger partial charge in [0.25, 0.3) is 0 Å². The summed E-state index contributed by atoms with van der Waals surface area (Å²) in [6, 6.07) is 88.7. The van der Waals surface area contributed by atoms with E-state index >= 15 is 0 Å². The van der Waals surface area contributed by atoms with Gasteiger partial charge in [-0.3, -0.25) is 0 Å². The van der Waals surface area contributed by atoms with Crippen molar-refractivity contribution >= 4 is 27.8 Å². The third-order valence-corrected chi connectivity index (χ3v) is 12.8. The number of benzene rings is 10. The maximum absolute atomic E-state index is 2.49. The van der Waals surface area contributed by atoms with Gasteiger partial charge in [-0.15, -0.1) is 0 Å².